The fraction of sp³-hybridized carbons (Fsp3) is 0.190. The van der Waals surface area contributed by atoms with Crippen LogP contribution in [-0.4, -0.2) is 22.5 Å². The molecule has 0 aliphatic heterocycles. The molecule has 0 spiro atoms. The number of hydrogen-bond acceptors (Lipinski definition) is 3. The fourth-order valence-electron chi connectivity index (χ4n) is 2.25. The summed E-state index contributed by atoms with van der Waals surface area (Å²) >= 11 is 5.16. The topological polar surface area (TPSA) is 70.2 Å². The van der Waals surface area contributed by atoms with Crippen LogP contribution in [0.1, 0.15) is 36.7 Å². The number of thiocarbonyl (C=S) groups is 1. The molecule has 5 nitrogen and oxygen atoms in total. The second-order valence-corrected chi connectivity index (χ2v) is 7.49. The third kappa shape index (κ3) is 6.92. The lowest BCUT2D eigenvalue weighted by atomic mass is 10.1. The summed E-state index contributed by atoms with van der Waals surface area (Å²) in [6.45, 7) is 5.66. The van der Waals surface area contributed by atoms with Gasteiger partial charge in [-0.25, -0.2) is 4.39 Å². The molecule has 0 atom stereocenters. The Hall–Kier alpha value is -3.06. The molecule has 2 amide bonds. The number of amides is 2. The molecule has 0 heterocycles. The summed E-state index contributed by atoms with van der Waals surface area (Å²) in [7, 11) is 0. The van der Waals surface area contributed by atoms with Gasteiger partial charge in [-0.1, -0.05) is 24.3 Å². The van der Waals surface area contributed by atoms with Crippen molar-refractivity contribution in [3.05, 3.63) is 71.6 Å². The van der Waals surface area contributed by atoms with Crippen molar-refractivity contribution < 1.29 is 14.0 Å². The Labute approximate surface area is 169 Å². The molecule has 0 aliphatic carbocycles. The van der Waals surface area contributed by atoms with Gasteiger partial charge in [0.15, 0.2) is 5.11 Å². The highest BCUT2D eigenvalue weighted by molar-refractivity contribution is 7.80. The molecule has 2 aromatic carbocycles. The summed E-state index contributed by atoms with van der Waals surface area (Å²) in [5, 5.41) is 8.33. The van der Waals surface area contributed by atoms with E-state index in [-0.39, 0.29) is 22.4 Å². The van der Waals surface area contributed by atoms with E-state index in [1.165, 1.54) is 18.2 Å². The van der Waals surface area contributed by atoms with Crippen LogP contribution in [0.25, 0.3) is 6.08 Å². The number of hydrogen-bond donors (Lipinski definition) is 3. The van der Waals surface area contributed by atoms with Crippen molar-refractivity contribution in [3.63, 3.8) is 0 Å². The van der Waals surface area contributed by atoms with Crippen LogP contribution < -0.4 is 16.0 Å². The van der Waals surface area contributed by atoms with E-state index in [0.717, 1.165) is 0 Å². The molecule has 3 N–H and O–H groups in total. The summed E-state index contributed by atoms with van der Waals surface area (Å²) in [5.74, 6) is -1.04. The van der Waals surface area contributed by atoms with Crippen molar-refractivity contribution in [2.75, 3.05) is 5.32 Å². The van der Waals surface area contributed by atoms with Crippen molar-refractivity contribution >= 4 is 40.9 Å². The van der Waals surface area contributed by atoms with Crippen molar-refractivity contribution in [3.8, 4) is 0 Å². The van der Waals surface area contributed by atoms with Crippen LogP contribution in [0.4, 0.5) is 10.1 Å². The second kappa shape index (κ2) is 9.23. The van der Waals surface area contributed by atoms with Crippen molar-refractivity contribution in [2.24, 2.45) is 0 Å². The van der Waals surface area contributed by atoms with Crippen LogP contribution in [0.2, 0.25) is 0 Å². The molecule has 7 heteroatoms. The number of para-hydroxylation sites is 1. The van der Waals surface area contributed by atoms with E-state index in [0.29, 0.717) is 16.8 Å². The van der Waals surface area contributed by atoms with E-state index in [1.54, 1.807) is 42.5 Å². The van der Waals surface area contributed by atoms with Gasteiger partial charge >= 0.3 is 0 Å². The van der Waals surface area contributed by atoms with E-state index >= 15 is 0 Å². The van der Waals surface area contributed by atoms with E-state index < -0.39 is 5.91 Å². The normalized spacial score (nSPS) is 11.1. The minimum atomic E-state index is -0.446. The van der Waals surface area contributed by atoms with Gasteiger partial charge in [-0.15, -0.1) is 0 Å². The van der Waals surface area contributed by atoms with Gasteiger partial charge in [0.2, 0.25) is 5.91 Å². The van der Waals surface area contributed by atoms with Crippen molar-refractivity contribution in [1.82, 2.24) is 10.6 Å². The lowest BCUT2D eigenvalue weighted by molar-refractivity contribution is -0.115. The largest absolute Gasteiger partial charge is 0.347 e. The summed E-state index contributed by atoms with van der Waals surface area (Å²) in [6, 6.07) is 12.6. The summed E-state index contributed by atoms with van der Waals surface area (Å²) < 4.78 is 12.9. The van der Waals surface area contributed by atoms with Crippen LogP contribution >= 0.6 is 12.2 Å². The molecular formula is C21H22FN3O2S. The van der Waals surface area contributed by atoms with Gasteiger partial charge in [-0.2, -0.15) is 0 Å². The number of carbonyl (C=O) groups excluding carboxylic acids is 2. The first kappa shape index (κ1) is 21.2. The maximum absolute atomic E-state index is 12.9. The van der Waals surface area contributed by atoms with Gasteiger partial charge in [0, 0.05) is 11.6 Å². The molecule has 0 unspecified atom stereocenters. The summed E-state index contributed by atoms with van der Waals surface area (Å²) in [6.07, 6.45) is 2.83. The van der Waals surface area contributed by atoms with E-state index in [2.05, 4.69) is 16.0 Å². The molecule has 146 valence electrons. The molecule has 0 saturated heterocycles. The second-order valence-electron chi connectivity index (χ2n) is 7.08. The molecule has 28 heavy (non-hydrogen) atoms. The quantitative estimate of drug-likeness (QED) is 0.539. The highest BCUT2D eigenvalue weighted by atomic mass is 32.1. The van der Waals surface area contributed by atoms with Crippen molar-refractivity contribution in [1.29, 1.82) is 0 Å². The van der Waals surface area contributed by atoms with E-state index in [4.69, 9.17) is 12.2 Å². The smallest absolute Gasteiger partial charge is 0.253 e. The highest BCUT2D eigenvalue weighted by Crippen LogP contribution is 2.16. The Balaban J connectivity index is 2.00. The van der Waals surface area contributed by atoms with Crippen LogP contribution in [0.15, 0.2) is 54.6 Å². The number of rotatable bonds is 4. The number of carbonyl (C=O) groups is 2. The van der Waals surface area contributed by atoms with Crippen LogP contribution in [-0.2, 0) is 4.79 Å². The Morgan fingerprint density at radius 2 is 1.68 bits per heavy atom. The van der Waals surface area contributed by atoms with Gasteiger partial charge < -0.3 is 10.6 Å². The molecule has 0 bridgehead atoms. The predicted molar refractivity (Wildman–Crippen MR) is 113 cm³/mol. The molecular weight excluding hydrogens is 377 g/mol. The minimum absolute atomic E-state index is 0.0600. The zero-order chi connectivity index (χ0) is 20.7. The molecule has 2 aromatic rings. The minimum Gasteiger partial charge on any atom is -0.347 e. The Kier molecular flexibility index (Phi) is 7.00. The lowest BCUT2D eigenvalue weighted by Gasteiger charge is -2.21. The molecule has 0 aromatic heterocycles. The average Bonchev–Trinajstić information content (AvgIpc) is 2.60. The number of halogens is 1. The lowest BCUT2D eigenvalue weighted by Crippen LogP contribution is -2.41. The molecule has 2 rings (SSSR count). The number of benzene rings is 2. The average molecular weight is 399 g/mol. The highest BCUT2D eigenvalue weighted by Gasteiger charge is 2.18. The SMILES string of the molecule is CC(C)(C)NC(=O)c1ccccc1NC(=S)NC(=O)/C=C/c1ccc(F)cc1. The van der Waals surface area contributed by atoms with Gasteiger partial charge in [-0.3, -0.25) is 14.9 Å². The Morgan fingerprint density at radius 3 is 2.32 bits per heavy atom. The van der Waals surface area contributed by atoms with Gasteiger partial charge in [-0.05, 0) is 68.9 Å². The maximum Gasteiger partial charge on any atom is 0.253 e. The first-order valence-electron chi connectivity index (χ1n) is 8.61. The van der Waals surface area contributed by atoms with E-state index in [1.807, 2.05) is 20.8 Å². The Morgan fingerprint density at radius 1 is 1.04 bits per heavy atom. The molecule has 0 aliphatic rings. The number of nitrogens with one attached hydrogen (secondary N) is 3. The van der Waals surface area contributed by atoms with Gasteiger partial charge in [0.1, 0.15) is 5.82 Å². The third-order valence-electron chi connectivity index (χ3n) is 3.44. The van der Waals surface area contributed by atoms with Crippen LogP contribution in [0.3, 0.4) is 0 Å². The van der Waals surface area contributed by atoms with Crippen molar-refractivity contribution in [2.45, 2.75) is 26.3 Å². The standard InChI is InChI=1S/C21H22FN3O2S/c1-21(2,3)25-19(27)16-6-4-5-7-17(16)23-20(28)24-18(26)13-10-14-8-11-15(22)12-9-14/h4-13H,1-3H3,(H,25,27)(H2,23,24,26,28)/b13-10+. The fourth-order valence-corrected chi connectivity index (χ4v) is 2.46. The Bertz CT molecular complexity index is 903. The zero-order valence-corrected chi connectivity index (χ0v) is 16.7. The first-order valence-corrected chi connectivity index (χ1v) is 9.02. The summed E-state index contributed by atoms with van der Waals surface area (Å²) in [5.41, 5.74) is 1.19. The first-order chi connectivity index (χ1) is 13.1. The third-order valence-corrected chi connectivity index (χ3v) is 3.65. The molecule has 0 radical (unpaired) electrons. The van der Waals surface area contributed by atoms with E-state index in [9.17, 15) is 14.0 Å². The predicted octanol–water partition coefficient (Wildman–Crippen LogP) is 3.88. The van der Waals surface area contributed by atoms with Gasteiger partial charge in [0.05, 0.1) is 11.3 Å². The van der Waals surface area contributed by atoms with Crippen LogP contribution in [0, 0.1) is 5.82 Å². The van der Waals surface area contributed by atoms with Crippen LogP contribution in [0.5, 0.6) is 0 Å². The number of anilines is 1. The summed E-state index contributed by atoms with van der Waals surface area (Å²) in [4.78, 5) is 24.5. The zero-order valence-electron chi connectivity index (χ0n) is 15.9. The molecule has 0 fully saturated rings. The molecule has 0 saturated carbocycles. The van der Waals surface area contributed by atoms with Gasteiger partial charge in [0.25, 0.3) is 5.91 Å². The monoisotopic (exact) mass is 399 g/mol. The maximum atomic E-state index is 12.9.